The van der Waals surface area contributed by atoms with Gasteiger partial charge in [0, 0.05) is 26.2 Å². The van der Waals surface area contributed by atoms with Crippen LogP contribution in [0.1, 0.15) is 17.2 Å². The van der Waals surface area contributed by atoms with Crippen LogP contribution in [0.25, 0.3) is 0 Å². The second kappa shape index (κ2) is 6.13. The summed E-state index contributed by atoms with van der Waals surface area (Å²) in [5, 5.41) is 0. The summed E-state index contributed by atoms with van der Waals surface area (Å²) in [5.41, 5.74) is 8.10. The summed E-state index contributed by atoms with van der Waals surface area (Å²) in [4.78, 5) is 17.0. The zero-order valence-corrected chi connectivity index (χ0v) is 12.5. The molecule has 2 N–H and O–H groups in total. The normalized spacial score (nSPS) is 26.5. The van der Waals surface area contributed by atoms with Gasteiger partial charge in [-0.05, 0) is 24.6 Å². The maximum Gasteiger partial charge on any atom is 0.256 e. The lowest BCUT2D eigenvalue weighted by Crippen LogP contribution is -2.58. The minimum Gasteiger partial charge on any atom is -0.363 e. The van der Waals surface area contributed by atoms with Gasteiger partial charge in [-0.15, -0.1) is 0 Å². The Morgan fingerprint density at radius 2 is 2.19 bits per heavy atom. The van der Waals surface area contributed by atoms with E-state index in [9.17, 15) is 4.79 Å². The van der Waals surface area contributed by atoms with Gasteiger partial charge in [-0.3, -0.25) is 4.79 Å². The molecule has 2 atom stereocenters. The zero-order valence-electron chi connectivity index (χ0n) is 12.5. The number of hydrogen-bond acceptors (Lipinski definition) is 4. The lowest BCUT2D eigenvalue weighted by atomic mass is 9.96. The Morgan fingerprint density at radius 1 is 1.38 bits per heavy atom. The van der Waals surface area contributed by atoms with Gasteiger partial charge in [-0.2, -0.15) is 0 Å². The van der Waals surface area contributed by atoms with Gasteiger partial charge < -0.3 is 20.3 Å². The van der Waals surface area contributed by atoms with Crippen LogP contribution < -0.4 is 5.73 Å². The van der Waals surface area contributed by atoms with Gasteiger partial charge in [-0.25, -0.2) is 0 Å². The first-order valence-corrected chi connectivity index (χ1v) is 7.59. The summed E-state index contributed by atoms with van der Waals surface area (Å²) < 4.78 is 5.79. The van der Waals surface area contributed by atoms with Crippen molar-refractivity contribution >= 4 is 5.91 Å². The Morgan fingerprint density at radius 3 is 3.00 bits per heavy atom. The molecule has 0 aliphatic carbocycles. The molecule has 5 nitrogen and oxygen atoms in total. The Bertz CT molecular complexity index is 520. The molecule has 0 bridgehead atoms. The molecule has 21 heavy (non-hydrogen) atoms. The molecule has 0 spiro atoms. The monoisotopic (exact) mass is 289 g/mol. The predicted molar refractivity (Wildman–Crippen MR) is 80.9 cm³/mol. The second-order valence-electron chi connectivity index (χ2n) is 5.88. The standard InChI is InChI=1S/C16H23N3O2/c1-18-7-8-19(13(10-17)11-18)16(20)15-14-5-3-2-4-12(14)6-9-21-15/h2-5,13,15H,6-11,17H2,1H3. The van der Waals surface area contributed by atoms with Crippen molar-refractivity contribution in [2.75, 3.05) is 39.8 Å². The number of fused-ring (bicyclic) bond motifs is 1. The molecular formula is C16H23N3O2. The number of benzene rings is 1. The molecule has 5 heteroatoms. The predicted octanol–water partition coefficient (Wildman–Crippen LogP) is 0.402. The SMILES string of the molecule is CN1CCN(C(=O)C2OCCc3ccccc32)C(CN)C1. The third kappa shape index (κ3) is 2.81. The van der Waals surface area contributed by atoms with E-state index in [1.54, 1.807) is 0 Å². The highest BCUT2D eigenvalue weighted by atomic mass is 16.5. The molecule has 2 heterocycles. The fourth-order valence-electron chi connectivity index (χ4n) is 3.25. The van der Waals surface area contributed by atoms with Crippen LogP contribution >= 0.6 is 0 Å². The summed E-state index contributed by atoms with van der Waals surface area (Å²) in [6.45, 7) is 3.53. The molecule has 0 aromatic heterocycles. The summed E-state index contributed by atoms with van der Waals surface area (Å²) in [7, 11) is 2.07. The number of ether oxygens (including phenoxy) is 1. The lowest BCUT2D eigenvalue weighted by Gasteiger charge is -2.41. The van der Waals surface area contributed by atoms with Crippen molar-refractivity contribution in [1.82, 2.24) is 9.80 Å². The second-order valence-corrected chi connectivity index (χ2v) is 5.88. The van der Waals surface area contributed by atoms with E-state index in [0.29, 0.717) is 13.2 Å². The summed E-state index contributed by atoms with van der Waals surface area (Å²) in [5.74, 6) is 0.0608. The van der Waals surface area contributed by atoms with E-state index in [1.165, 1.54) is 5.56 Å². The van der Waals surface area contributed by atoms with Crippen molar-refractivity contribution in [3.63, 3.8) is 0 Å². The largest absolute Gasteiger partial charge is 0.363 e. The fourth-order valence-corrected chi connectivity index (χ4v) is 3.25. The van der Waals surface area contributed by atoms with Crippen LogP contribution in [0, 0.1) is 0 Å². The van der Waals surface area contributed by atoms with Gasteiger partial charge in [0.05, 0.1) is 12.6 Å². The van der Waals surface area contributed by atoms with Gasteiger partial charge in [0.1, 0.15) is 0 Å². The molecule has 0 saturated carbocycles. The summed E-state index contributed by atoms with van der Waals surface area (Å²) in [6.07, 6.45) is 0.413. The van der Waals surface area contributed by atoms with E-state index in [-0.39, 0.29) is 11.9 Å². The molecule has 1 amide bonds. The van der Waals surface area contributed by atoms with Crippen LogP contribution in [0.15, 0.2) is 24.3 Å². The Labute approximate surface area is 125 Å². The number of rotatable bonds is 2. The minimum atomic E-state index is -0.465. The highest BCUT2D eigenvalue weighted by Gasteiger charge is 2.35. The van der Waals surface area contributed by atoms with Crippen LogP contribution in [-0.4, -0.2) is 61.6 Å². The van der Waals surface area contributed by atoms with Gasteiger partial charge >= 0.3 is 0 Å². The molecule has 1 saturated heterocycles. The zero-order chi connectivity index (χ0) is 14.8. The highest BCUT2D eigenvalue weighted by Crippen LogP contribution is 2.29. The third-order valence-corrected chi connectivity index (χ3v) is 4.46. The molecule has 114 valence electrons. The average Bonchev–Trinajstić information content (AvgIpc) is 2.53. The first kappa shape index (κ1) is 14.5. The van der Waals surface area contributed by atoms with E-state index in [1.807, 2.05) is 23.1 Å². The third-order valence-electron chi connectivity index (χ3n) is 4.46. The molecule has 1 aromatic rings. The van der Waals surface area contributed by atoms with E-state index in [0.717, 1.165) is 31.6 Å². The molecular weight excluding hydrogens is 266 g/mol. The van der Waals surface area contributed by atoms with E-state index in [4.69, 9.17) is 10.5 Å². The molecule has 3 rings (SSSR count). The molecule has 0 radical (unpaired) electrons. The van der Waals surface area contributed by atoms with Crippen LogP contribution in [0.2, 0.25) is 0 Å². The van der Waals surface area contributed by atoms with Crippen LogP contribution in [0.5, 0.6) is 0 Å². The number of piperazine rings is 1. The number of likely N-dealkylation sites (N-methyl/N-ethyl adjacent to an activating group) is 1. The first-order valence-electron chi connectivity index (χ1n) is 7.59. The molecule has 1 aromatic carbocycles. The van der Waals surface area contributed by atoms with Gasteiger partial charge in [0.15, 0.2) is 6.10 Å². The molecule has 2 aliphatic heterocycles. The minimum absolute atomic E-state index is 0.0608. The maximum absolute atomic E-state index is 12.9. The Balaban J connectivity index is 1.82. The molecule has 1 fully saturated rings. The topological polar surface area (TPSA) is 58.8 Å². The van der Waals surface area contributed by atoms with Crippen molar-refractivity contribution in [3.05, 3.63) is 35.4 Å². The van der Waals surface area contributed by atoms with Crippen molar-refractivity contribution in [1.29, 1.82) is 0 Å². The highest BCUT2D eigenvalue weighted by molar-refractivity contribution is 5.83. The van der Waals surface area contributed by atoms with Crippen LogP contribution in [0.4, 0.5) is 0 Å². The quantitative estimate of drug-likeness (QED) is 0.856. The van der Waals surface area contributed by atoms with E-state index < -0.39 is 6.10 Å². The smallest absolute Gasteiger partial charge is 0.256 e. The number of amides is 1. The fraction of sp³-hybridized carbons (Fsp3) is 0.562. The van der Waals surface area contributed by atoms with Gasteiger partial charge in [0.25, 0.3) is 5.91 Å². The van der Waals surface area contributed by atoms with Crippen LogP contribution in [-0.2, 0) is 16.0 Å². The first-order chi connectivity index (χ1) is 10.2. The van der Waals surface area contributed by atoms with Crippen LogP contribution in [0.3, 0.4) is 0 Å². The van der Waals surface area contributed by atoms with E-state index in [2.05, 4.69) is 18.0 Å². The Hall–Kier alpha value is -1.43. The van der Waals surface area contributed by atoms with E-state index >= 15 is 0 Å². The number of hydrogen-bond donors (Lipinski definition) is 1. The van der Waals surface area contributed by atoms with Crippen molar-refractivity contribution in [3.8, 4) is 0 Å². The average molecular weight is 289 g/mol. The summed E-state index contributed by atoms with van der Waals surface area (Å²) in [6, 6.07) is 8.16. The van der Waals surface area contributed by atoms with Crippen molar-refractivity contribution in [2.24, 2.45) is 5.73 Å². The molecule has 2 unspecified atom stereocenters. The number of carbonyl (C=O) groups excluding carboxylic acids is 1. The van der Waals surface area contributed by atoms with Gasteiger partial charge in [0.2, 0.25) is 0 Å². The van der Waals surface area contributed by atoms with Gasteiger partial charge in [-0.1, -0.05) is 24.3 Å². The summed E-state index contributed by atoms with van der Waals surface area (Å²) >= 11 is 0. The molecule has 2 aliphatic rings. The maximum atomic E-state index is 12.9. The number of carbonyl (C=O) groups is 1. The lowest BCUT2D eigenvalue weighted by molar-refractivity contribution is -0.149. The number of nitrogens with zero attached hydrogens (tertiary/aromatic N) is 2. The van der Waals surface area contributed by atoms with Crippen molar-refractivity contribution in [2.45, 2.75) is 18.6 Å². The Kier molecular flexibility index (Phi) is 4.24. The van der Waals surface area contributed by atoms with Crippen molar-refractivity contribution < 1.29 is 9.53 Å². The number of nitrogens with two attached hydrogens (primary N) is 1.